The van der Waals surface area contributed by atoms with E-state index in [0.29, 0.717) is 5.56 Å². The van der Waals surface area contributed by atoms with Gasteiger partial charge in [-0.1, -0.05) is 18.2 Å². The lowest BCUT2D eigenvalue weighted by atomic mass is 10.1. The van der Waals surface area contributed by atoms with E-state index in [4.69, 9.17) is 0 Å². The lowest BCUT2D eigenvalue weighted by Crippen LogP contribution is -2.26. The van der Waals surface area contributed by atoms with E-state index in [2.05, 4.69) is 25.6 Å². The molecule has 0 fully saturated rings. The Balaban J connectivity index is 1.88. The van der Waals surface area contributed by atoms with E-state index in [1.165, 1.54) is 6.07 Å². The number of thiophene rings is 1. The molecule has 0 spiro atoms. The molecule has 0 radical (unpaired) electrons. The summed E-state index contributed by atoms with van der Waals surface area (Å²) in [4.78, 5) is 14.7. The Labute approximate surface area is 139 Å². The Morgan fingerprint density at radius 2 is 1.95 bits per heavy atom. The highest BCUT2D eigenvalue weighted by molar-refractivity contribution is 9.11. The molecule has 0 aliphatic heterocycles. The van der Waals surface area contributed by atoms with Gasteiger partial charge in [-0.25, -0.2) is 13.1 Å². The normalized spacial score (nSPS) is 11.9. The number of nitrogens with one attached hydrogen (secondary N) is 2. The predicted octanol–water partition coefficient (Wildman–Crippen LogP) is 2.83. The van der Waals surface area contributed by atoms with Gasteiger partial charge >= 0.3 is 0 Å². The first-order chi connectivity index (χ1) is 10.5. The second kappa shape index (κ2) is 5.96. The number of hydrogen-bond acceptors (Lipinski definition) is 4. The fourth-order valence-corrected chi connectivity index (χ4v) is 5.07. The molecule has 1 aromatic carbocycles. The monoisotopic (exact) mass is 398 g/mol. The van der Waals surface area contributed by atoms with Gasteiger partial charge in [-0.05, 0) is 45.6 Å². The zero-order valence-electron chi connectivity index (χ0n) is 11.2. The Morgan fingerprint density at radius 3 is 2.68 bits per heavy atom. The summed E-state index contributed by atoms with van der Waals surface area (Å²) >= 11 is 4.35. The molecule has 0 amide bonds. The molecule has 0 unspecified atom stereocenters. The van der Waals surface area contributed by atoms with Crippen LogP contribution in [-0.4, -0.2) is 13.4 Å². The SMILES string of the molecule is O=c1[nH]c2ccccc2cc1CNS(=O)(=O)c1ccc(Br)s1. The molecule has 2 heterocycles. The summed E-state index contributed by atoms with van der Waals surface area (Å²) in [5.74, 6) is 0. The van der Waals surface area contributed by atoms with E-state index in [1.807, 2.05) is 18.2 Å². The average molecular weight is 399 g/mol. The average Bonchev–Trinajstić information content (AvgIpc) is 2.92. The number of sulfonamides is 1. The number of fused-ring (bicyclic) bond motifs is 1. The molecule has 0 atom stereocenters. The predicted molar refractivity (Wildman–Crippen MR) is 90.6 cm³/mol. The maximum absolute atomic E-state index is 12.2. The number of H-pyrrole nitrogens is 1. The first-order valence-corrected chi connectivity index (χ1v) is 9.41. The third-order valence-corrected chi connectivity index (χ3v) is 6.61. The van der Waals surface area contributed by atoms with Crippen molar-refractivity contribution in [2.45, 2.75) is 10.8 Å². The van der Waals surface area contributed by atoms with Crippen molar-refractivity contribution in [1.82, 2.24) is 9.71 Å². The summed E-state index contributed by atoms with van der Waals surface area (Å²) in [6, 6.07) is 12.2. The number of para-hydroxylation sites is 1. The Hall–Kier alpha value is -1.48. The van der Waals surface area contributed by atoms with Crippen LogP contribution in [0.4, 0.5) is 0 Å². The maximum atomic E-state index is 12.2. The lowest BCUT2D eigenvalue weighted by Gasteiger charge is -2.05. The number of rotatable bonds is 4. The van der Waals surface area contributed by atoms with Gasteiger partial charge in [0.1, 0.15) is 4.21 Å². The summed E-state index contributed by atoms with van der Waals surface area (Å²) in [7, 11) is -3.62. The van der Waals surface area contributed by atoms with Gasteiger partial charge in [-0.2, -0.15) is 0 Å². The second-order valence-electron chi connectivity index (χ2n) is 4.59. The summed E-state index contributed by atoms with van der Waals surface area (Å²) in [6.07, 6.45) is 0. The molecule has 0 aliphatic rings. The maximum Gasteiger partial charge on any atom is 0.252 e. The van der Waals surface area contributed by atoms with Crippen LogP contribution < -0.4 is 10.3 Å². The second-order valence-corrected chi connectivity index (χ2v) is 9.05. The molecule has 0 saturated heterocycles. The third kappa shape index (κ3) is 3.14. The first kappa shape index (κ1) is 15.4. The highest BCUT2D eigenvalue weighted by atomic mass is 79.9. The minimum atomic E-state index is -3.62. The Morgan fingerprint density at radius 1 is 1.18 bits per heavy atom. The topological polar surface area (TPSA) is 79.0 Å². The van der Waals surface area contributed by atoms with Gasteiger partial charge in [-0.3, -0.25) is 4.79 Å². The zero-order chi connectivity index (χ0) is 15.7. The Bertz CT molecular complexity index is 992. The number of benzene rings is 1. The number of aromatic amines is 1. The molecule has 5 nitrogen and oxygen atoms in total. The van der Waals surface area contributed by atoms with Crippen molar-refractivity contribution in [2.75, 3.05) is 0 Å². The molecule has 114 valence electrons. The first-order valence-electron chi connectivity index (χ1n) is 6.32. The van der Waals surface area contributed by atoms with E-state index in [9.17, 15) is 13.2 Å². The molecular weight excluding hydrogens is 388 g/mol. The number of hydrogen-bond donors (Lipinski definition) is 2. The number of halogens is 1. The van der Waals surface area contributed by atoms with Crippen LogP contribution in [0.5, 0.6) is 0 Å². The van der Waals surface area contributed by atoms with Crippen LogP contribution in [0.2, 0.25) is 0 Å². The van der Waals surface area contributed by atoms with Crippen LogP contribution in [0.15, 0.2) is 55.3 Å². The van der Waals surface area contributed by atoms with E-state index in [1.54, 1.807) is 18.2 Å². The quantitative estimate of drug-likeness (QED) is 0.708. The highest BCUT2D eigenvalue weighted by Gasteiger charge is 2.16. The minimum Gasteiger partial charge on any atom is -0.322 e. The molecule has 0 aliphatic carbocycles. The summed E-state index contributed by atoms with van der Waals surface area (Å²) in [6.45, 7) is -0.0575. The molecule has 2 N–H and O–H groups in total. The summed E-state index contributed by atoms with van der Waals surface area (Å²) < 4.78 is 27.7. The standard InChI is InChI=1S/C14H11BrN2O3S2/c15-12-5-6-13(21-12)22(19,20)16-8-10-7-9-3-1-2-4-11(9)17-14(10)18/h1-7,16H,8H2,(H,17,18). The molecule has 0 bridgehead atoms. The van der Waals surface area contributed by atoms with Crippen molar-refractivity contribution < 1.29 is 8.42 Å². The molecular formula is C14H11BrN2O3S2. The third-order valence-electron chi connectivity index (χ3n) is 3.10. The zero-order valence-corrected chi connectivity index (χ0v) is 14.4. The van der Waals surface area contributed by atoms with Crippen LogP contribution in [0.25, 0.3) is 10.9 Å². The molecule has 0 saturated carbocycles. The van der Waals surface area contributed by atoms with Crippen molar-refractivity contribution >= 4 is 48.2 Å². The minimum absolute atomic E-state index is 0.0575. The summed E-state index contributed by atoms with van der Waals surface area (Å²) in [5.41, 5.74) is 0.799. The van der Waals surface area contributed by atoms with Crippen LogP contribution >= 0.6 is 27.3 Å². The molecule has 8 heteroatoms. The van der Waals surface area contributed by atoms with Crippen molar-refractivity contribution in [3.63, 3.8) is 0 Å². The van der Waals surface area contributed by atoms with E-state index >= 15 is 0 Å². The van der Waals surface area contributed by atoms with Gasteiger partial charge in [0, 0.05) is 17.6 Å². The van der Waals surface area contributed by atoms with E-state index in [-0.39, 0.29) is 16.3 Å². The van der Waals surface area contributed by atoms with Gasteiger partial charge in [-0.15, -0.1) is 11.3 Å². The van der Waals surface area contributed by atoms with Crippen LogP contribution in [0, 0.1) is 0 Å². The smallest absolute Gasteiger partial charge is 0.252 e. The van der Waals surface area contributed by atoms with E-state index in [0.717, 1.165) is 26.0 Å². The van der Waals surface area contributed by atoms with Crippen molar-refractivity contribution in [1.29, 1.82) is 0 Å². The Kier molecular flexibility index (Phi) is 4.18. The van der Waals surface area contributed by atoms with Crippen LogP contribution in [0.3, 0.4) is 0 Å². The molecule has 2 aromatic heterocycles. The molecule has 3 aromatic rings. The van der Waals surface area contributed by atoms with E-state index < -0.39 is 10.0 Å². The highest BCUT2D eigenvalue weighted by Crippen LogP contribution is 2.25. The van der Waals surface area contributed by atoms with Gasteiger partial charge < -0.3 is 4.98 Å². The van der Waals surface area contributed by atoms with Crippen molar-refractivity contribution in [2.24, 2.45) is 0 Å². The van der Waals surface area contributed by atoms with Gasteiger partial charge in [0.2, 0.25) is 10.0 Å². The fourth-order valence-electron chi connectivity index (χ4n) is 2.01. The van der Waals surface area contributed by atoms with Gasteiger partial charge in [0.05, 0.1) is 3.79 Å². The number of pyridine rings is 1. The van der Waals surface area contributed by atoms with Gasteiger partial charge in [0.25, 0.3) is 5.56 Å². The van der Waals surface area contributed by atoms with Crippen LogP contribution in [-0.2, 0) is 16.6 Å². The van der Waals surface area contributed by atoms with Crippen molar-refractivity contribution in [3.8, 4) is 0 Å². The molecule has 3 rings (SSSR count). The fraction of sp³-hybridized carbons (Fsp3) is 0.0714. The lowest BCUT2D eigenvalue weighted by molar-refractivity contribution is 0.583. The van der Waals surface area contributed by atoms with Crippen LogP contribution in [0.1, 0.15) is 5.56 Å². The number of aromatic nitrogens is 1. The molecule has 22 heavy (non-hydrogen) atoms. The van der Waals surface area contributed by atoms with Gasteiger partial charge in [0.15, 0.2) is 0 Å². The van der Waals surface area contributed by atoms with Crippen molar-refractivity contribution in [3.05, 3.63) is 62.2 Å². The largest absolute Gasteiger partial charge is 0.322 e. The summed E-state index contributed by atoms with van der Waals surface area (Å²) in [5, 5.41) is 0.857.